The van der Waals surface area contributed by atoms with Crippen molar-refractivity contribution in [3.63, 3.8) is 0 Å². The van der Waals surface area contributed by atoms with Crippen molar-refractivity contribution in [2.24, 2.45) is 0 Å². The molecule has 0 saturated carbocycles. The Morgan fingerprint density at radius 2 is 1.60 bits per heavy atom. The van der Waals surface area contributed by atoms with Gasteiger partial charge in [-0.05, 0) is 20.8 Å². The van der Waals surface area contributed by atoms with Gasteiger partial charge in [0.05, 0.1) is 13.2 Å². The van der Waals surface area contributed by atoms with E-state index in [0.29, 0.717) is 13.2 Å². The second-order valence-corrected chi connectivity index (χ2v) is 3.40. The maximum Gasteiger partial charge on any atom is 0.162 e. The van der Waals surface area contributed by atoms with Crippen LogP contribution in [0.3, 0.4) is 0 Å². The van der Waals surface area contributed by atoms with Crippen molar-refractivity contribution in [3.05, 3.63) is 36.5 Å². The van der Waals surface area contributed by atoms with Crippen LogP contribution in [0.2, 0.25) is 0 Å². The number of hydrogen-bond donors (Lipinski definition) is 0. The fourth-order valence-electron chi connectivity index (χ4n) is 0.969. The zero-order valence-electron chi connectivity index (χ0n) is 10.0. The normalized spacial score (nSPS) is 13.8. The average molecular weight is 210 g/mol. The molecule has 0 heterocycles. The van der Waals surface area contributed by atoms with Crippen molar-refractivity contribution in [2.75, 3.05) is 13.2 Å². The third-order valence-electron chi connectivity index (χ3n) is 1.74. The molecule has 0 aliphatic rings. The van der Waals surface area contributed by atoms with E-state index in [2.05, 4.69) is 6.58 Å². The number of allylic oxidation sites excluding steroid dienone is 2. The van der Waals surface area contributed by atoms with Crippen LogP contribution in [0.5, 0.6) is 0 Å². The van der Waals surface area contributed by atoms with Crippen molar-refractivity contribution in [1.82, 2.24) is 0 Å². The van der Waals surface area contributed by atoms with E-state index in [0.717, 1.165) is 12.0 Å². The summed E-state index contributed by atoms with van der Waals surface area (Å²) in [5.41, 5.74) is 1.07. The van der Waals surface area contributed by atoms with E-state index in [9.17, 15) is 0 Å². The van der Waals surface area contributed by atoms with Gasteiger partial charge in [0.1, 0.15) is 0 Å². The Balaban J connectivity index is 3.88. The summed E-state index contributed by atoms with van der Waals surface area (Å²) in [5, 5.41) is 0. The molecule has 0 aliphatic heterocycles. The third kappa shape index (κ3) is 9.44. The van der Waals surface area contributed by atoms with Gasteiger partial charge in [0, 0.05) is 6.42 Å². The number of hydrogen-bond acceptors (Lipinski definition) is 2. The van der Waals surface area contributed by atoms with Gasteiger partial charge in [-0.2, -0.15) is 0 Å². The highest BCUT2D eigenvalue weighted by Gasteiger charge is 2.07. The van der Waals surface area contributed by atoms with E-state index in [1.54, 1.807) is 0 Å². The van der Waals surface area contributed by atoms with E-state index in [1.165, 1.54) is 0 Å². The topological polar surface area (TPSA) is 18.5 Å². The lowest BCUT2D eigenvalue weighted by Gasteiger charge is -2.16. The number of ether oxygens (including phenoxy) is 2. The fourth-order valence-corrected chi connectivity index (χ4v) is 0.969. The summed E-state index contributed by atoms with van der Waals surface area (Å²) in [4.78, 5) is 0. The maximum absolute atomic E-state index is 5.54. The van der Waals surface area contributed by atoms with Gasteiger partial charge in [-0.3, -0.25) is 0 Å². The summed E-state index contributed by atoms with van der Waals surface area (Å²) in [7, 11) is 0. The van der Waals surface area contributed by atoms with Crippen LogP contribution in [0, 0.1) is 0 Å². The molecule has 0 spiro atoms. The molecule has 0 aliphatic carbocycles. The molecule has 0 aromatic rings. The Morgan fingerprint density at radius 3 is 1.93 bits per heavy atom. The molecule has 0 rings (SSSR count). The van der Waals surface area contributed by atoms with Gasteiger partial charge in [-0.15, -0.1) is 0 Å². The zero-order valence-corrected chi connectivity index (χ0v) is 10.0. The molecular formula is C13H22O2. The van der Waals surface area contributed by atoms with Crippen LogP contribution in [0.1, 0.15) is 27.2 Å². The molecule has 0 N–H and O–H groups in total. The molecule has 2 heteroatoms. The summed E-state index contributed by atoms with van der Waals surface area (Å²) in [6.07, 6.45) is 8.41. The summed E-state index contributed by atoms with van der Waals surface area (Å²) < 4.78 is 11.1. The van der Waals surface area contributed by atoms with Gasteiger partial charge in [0.25, 0.3) is 0 Å². The van der Waals surface area contributed by atoms with Crippen LogP contribution in [0.4, 0.5) is 0 Å². The molecule has 0 saturated heterocycles. The smallest absolute Gasteiger partial charge is 0.162 e. The van der Waals surface area contributed by atoms with Crippen LogP contribution >= 0.6 is 0 Å². The molecule has 86 valence electrons. The maximum atomic E-state index is 5.54. The van der Waals surface area contributed by atoms with Crippen molar-refractivity contribution < 1.29 is 9.47 Å². The second kappa shape index (κ2) is 9.69. The quantitative estimate of drug-likeness (QED) is 0.451. The standard InChI is InChI=1S/C13H22O2/c1-5-7-9-14-13(11-12(3)4)15-10-8-6-2/h5-8,13H,3,9-11H2,1-2,4H3. The summed E-state index contributed by atoms with van der Waals surface area (Å²) >= 11 is 0. The zero-order chi connectivity index (χ0) is 11.5. The van der Waals surface area contributed by atoms with Crippen LogP contribution < -0.4 is 0 Å². The first-order valence-corrected chi connectivity index (χ1v) is 5.30. The Morgan fingerprint density at radius 1 is 1.13 bits per heavy atom. The van der Waals surface area contributed by atoms with Gasteiger partial charge < -0.3 is 9.47 Å². The predicted octanol–water partition coefficient (Wildman–Crippen LogP) is 3.46. The van der Waals surface area contributed by atoms with Crippen molar-refractivity contribution in [3.8, 4) is 0 Å². The molecular weight excluding hydrogens is 188 g/mol. The Hall–Kier alpha value is -0.860. The average Bonchev–Trinajstić information content (AvgIpc) is 2.17. The molecule has 0 radical (unpaired) electrons. The first-order valence-electron chi connectivity index (χ1n) is 5.30. The molecule has 0 fully saturated rings. The first-order chi connectivity index (χ1) is 7.20. The van der Waals surface area contributed by atoms with Crippen molar-refractivity contribution in [1.29, 1.82) is 0 Å². The van der Waals surface area contributed by atoms with Gasteiger partial charge in [0.15, 0.2) is 6.29 Å². The van der Waals surface area contributed by atoms with E-state index in [1.807, 2.05) is 45.1 Å². The monoisotopic (exact) mass is 210 g/mol. The molecule has 0 aromatic carbocycles. The minimum Gasteiger partial charge on any atom is -0.348 e. The second-order valence-electron chi connectivity index (χ2n) is 3.40. The lowest BCUT2D eigenvalue weighted by molar-refractivity contribution is -0.125. The molecule has 0 atom stereocenters. The Labute approximate surface area is 93.3 Å². The summed E-state index contributed by atoms with van der Waals surface area (Å²) in [6.45, 7) is 10.9. The largest absolute Gasteiger partial charge is 0.348 e. The highest BCUT2D eigenvalue weighted by molar-refractivity contribution is 4.89. The molecule has 0 aromatic heterocycles. The summed E-state index contributed by atoms with van der Waals surface area (Å²) in [5.74, 6) is 0. The molecule has 0 amide bonds. The lowest BCUT2D eigenvalue weighted by atomic mass is 10.2. The van der Waals surface area contributed by atoms with Crippen LogP contribution in [-0.2, 0) is 9.47 Å². The highest BCUT2D eigenvalue weighted by Crippen LogP contribution is 2.08. The molecule has 15 heavy (non-hydrogen) atoms. The van der Waals surface area contributed by atoms with E-state index in [-0.39, 0.29) is 6.29 Å². The SMILES string of the molecule is C=C(C)CC(OCC=CC)OCC=CC. The van der Waals surface area contributed by atoms with Gasteiger partial charge in [-0.25, -0.2) is 0 Å². The molecule has 0 unspecified atom stereocenters. The van der Waals surface area contributed by atoms with Gasteiger partial charge in [0.2, 0.25) is 0 Å². The van der Waals surface area contributed by atoms with E-state index in [4.69, 9.17) is 9.47 Å². The van der Waals surface area contributed by atoms with Crippen molar-refractivity contribution >= 4 is 0 Å². The van der Waals surface area contributed by atoms with Crippen LogP contribution in [0.25, 0.3) is 0 Å². The number of rotatable bonds is 8. The Kier molecular flexibility index (Phi) is 9.13. The van der Waals surface area contributed by atoms with E-state index < -0.39 is 0 Å². The third-order valence-corrected chi connectivity index (χ3v) is 1.74. The van der Waals surface area contributed by atoms with Crippen LogP contribution in [-0.4, -0.2) is 19.5 Å². The van der Waals surface area contributed by atoms with Gasteiger partial charge in [-0.1, -0.05) is 36.5 Å². The fraction of sp³-hybridized carbons (Fsp3) is 0.538. The minimum absolute atomic E-state index is 0.185. The first kappa shape index (κ1) is 14.1. The Bertz CT molecular complexity index is 201. The highest BCUT2D eigenvalue weighted by atomic mass is 16.7. The van der Waals surface area contributed by atoms with E-state index >= 15 is 0 Å². The lowest BCUT2D eigenvalue weighted by Crippen LogP contribution is -2.18. The molecule has 0 bridgehead atoms. The van der Waals surface area contributed by atoms with Crippen LogP contribution in [0.15, 0.2) is 36.5 Å². The minimum atomic E-state index is -0.185. The van der Waals surface area contributed by atoms with Gasteiger partial charge >= 0.3 is 0 Å². The van der Waals surface area contributed by atoms with Crippen molar-refractivity contribution in [2.45, 2.75) is 33.5 Å². The molecule has 2 nitrogen and oxygen atoms in total. The predicted molar refractivity (Wildman–Crippen MR) is 64.8 cm³/mol. The summed E-state index contributed by atoms with van der Waals surface area (Å²) in [6, 6.07) is 0.